The summed E-state index contributed by atoms with van der Waals surface area (Å²) in [6.07, 6.45) is 4.68. The van der Waals surface area contributed by atoms with E-state index in [-0.39, 0.29) is 5.91 Å². The molecule has 4 heteroatoms. The van der Waals surface area contributed by atoms with Crippen LogP contribution in [-0.2, 0) is 11.2 Å². The van der Waals surface area contributed by atoms with E-state index < -0.39 is 0 Å². The molecule has 150 valence electrons. The zero-order valence-electron chi connectivity index (χ0n) is 17.3. The number of rotatable bonds is 7. The zero-order valence-corrected chi connectivity index (χ0v) is 17.3. The van der Waals surface area contributed by atoms with Gasteiger partial charge in [0.15, 0.2) is 0 Å². The van der Waals surface area contributed by atoms with Crippen LogP contribution >= 0.6 is 0 Å². The lowest BCUT2D eigenvalue weighted by molar-refractivity contribution is -0.117. The molecule has 2 aromatic carbocycles. The number of ether oxygens (including phenoxy) is 1. The molecule has 1 saturated heterocycles. The number of hydrogen-bond donors (Lipinski definition) is 1. The fourth-order valence-corrected chi connectivity index (χ4v) is 3.99. The molecule has 1 fully saturated rings. The standard InChI is InChI=1S/C24H32N2O2/c1-18-5-4-6-19(2)24(18)25-23(27)17-26-15-13-21(14-16-26)8-7-20-9-11-22(28-3)12-10-20/h4-6,9-12,21H,7-8,13-17H2,1-3H3,(H,25,27). The summed E-state index contributed by atoms with van der Waals surface area (Å²) in [7, 11) is 1.70. The van der Waals surface area contributed by atoms with Crippen LogP contribution in [0.1, 0.15) is 36.0 Å². The Kier molecular flexibility index (Phi) is 7.10. The van der Waals surface area contributed by atoms with Crippen LogP contribution in [0.2, 0.25) is 0 Å². The predicted octanol–water partition coefficient (Wildman–Crippen LogP) is 4.60. The van der Waals surface area contributed by atoms with Crippen molar-refractivity contribution < 1.29 is 9.53 Å². The molecule has 1 aliphatic heterocycles. The highest BCUT2D eigenvalue weighted by Crippen LogP contribution is 2.24. The number of likely N-dealkylation sites (tertiary alicyclic amines) is 1. The number of nitrogens with one attached hydrogen (secondary N) is 1. The van der Waals surface area contributed by atoms with Gasteiger partial charge in [-0.25, -0.2) is 0 Å². The second-order valence-electron chi connectivity index (χ2n) is 7.92. The van der Waals surface area contributed by atoms with Crippen molar-refractivity contribution in [2.45, 2.75) is 39.5 Å². The molecule has 1 aliphatic rings. The second-order valence-corrected chi connectivity index (χ2v) is 7.92. The molecule has 0 spiro atoms. The molecule has 0 unspecified atom stereocenters. The van der Waals surface area contributed by atoms with Crippen LogP contribution < -0.4 is 10.1 Å². The Hall–Kier alpha value is -2.33. The van der Waals surface area contributed by atoms with Crippen molar-refractivity contribution in [3.63, 3.8) is 0 Å². The topological polar surface area (TPSA) is 41.6 Å². The molecule has 1 amide bonds. The highest BCUT2D eigenvalue weighted by molar-refractivity contribution is 5.93. The minimum atomic E-state index is 0.0917. The van der Waals surface area contributed by atoms with Crippen molar-refractivity contribution in [1.82, 2.24) is 4.90 Å². The largest absolute Gasteiger partial charge is 0.497 e. The van der Waals surface area contributed by atoms with Gasteiger partial charge in [-0.1, -0.05) is 30.3 Å². The van der Waals surface area contributed by atoms with E-state index in [9.17, 15) is 4.79 Å². The Bertz CT molecular complexity index is 757. The molecule has 3 rings (SSSR count). The van der Waals surface area contributed by atoms with E-state index >= 15 is 0 Å². The van der Waals surface area contributed by atoms with Crippen molar-refractivity contribution in [3.05, 3.63) is 59.2 Å². The molecule has 0 aliphatic carbocycles. The van der Waals surface area contributed by atoms with E-state index in [2.05, 4.69) is 22.3 Å². The summed E-state index contributed by atoms with van der Waals surface area (Å²) in [6.45, 7) is 6.58. The molecule has 0 bridgehead atoms. The predicted molar refractivity (Wildman–Crippen MR) is 115 cm³/mol. The molecule has 0 aromatic heterocycles. The fourth-order valence-electron chi connectivity index (χ4n) is 3.99. The number of aryl methyl sites for hydroxylation is 3. The summed E-state index contributed by atoms with van der Waals surface area (Å²) in [6, 6.07) is 14.5. The molecule has 0 atom stereocenters. The molecule has 2 aromatic rings. The van der Waals surface area contributed by atoms with Gasteiger partial charge in [0.2, 0.25) is 5.91 Å². The van der Waals surface area contributed by atoms with Gasteiger partial charge in [-0.05, 0) is 87.4 Å². The van der Waals surface area contributed by atoms with Crippen LogP contribution in [0.5, 0.6) is 5.75 Å². The van der Waals surface area contributed by atoms with Crippen LogP contribution in [0, 0.1) is 19.8 Å². The minimum Gasteiger partial charge on any atom is -0.497 e. The Morgan fingerprint density at radius 3 is 2.32 bits per heavy atom. The third kappa shape index (κ3) is 5.59. The van der Waals surface area contributed by atoms with Crippen molar-refractivity contribution in [2.75, 3.05) is 32.1 Å². The first-order valence-corrected chi connectivity index (χ1v) is 10.3. The maximum Gasteiger partial charge on any atom is 0.238 e. The Morgan fingerprint density at radius 2 is 1.71 bits per heavy atom. The molecule has 28 heavy (non-hydrogen) atoms. The number of nitrogens with zero attached hydrogens (tertiary/aromatic N) is 1. The third-order valence-corrected chi connectivity index (χ3v) is 5.82. The van der Waals surface area contributed by atoms with E-state index in [1.165, 1.54) is 24.8 Å². The number of piperidine rings is 1. The second kappa shape index (κ2) is 9.74. The van der Waals surface area contributed by atoms with Gasteiger partial charge in [-0.15, -0.1) is 0 Å². The van der Waals surface area contributed by atoms with Gasteiger partial charge in [0.1, 0.15) is 5.75 Å². The van der Waals surface area contributed by atoms with Crippen molar-refractivity contribution in [1.29, 1.82) is 0 Å². The lowest BCUT2D eigenvalue weighted by atomic mass is 9.90. The van der Waals surface area contributed by atoms with Gasteiger partial charge in [0, 0.05) is 5.69 Å². The normalized spacial score (nSPS) is 15.4. The highest BCUT2D eigenvalue weighted by atomic mass is 16.5. The summed E-state index contributed by atoms with van der Waals surface area (Å²) in [5.74, 6) is 1.75. The van der Waals surface area contributed by atoms with Crippen molar-refractivity contribution in [3.8, 4) is 5.75 Å². The molecular weight excluding hydrogens is 348 g/mol. The number of carbonyl (C=O) groups is 1. The monoisotopic (exact) mass is 380 g/mol. The average Bonchev–Trinajstić information content (AvgIpc) is 2.71. The van der Waals surface area contributed by atoms with E-state index in [1.54, 1.807) is 7.11 Å². The van der Waals surface area contributed by atoms with E-state index in [4.69, 9.17) is 4.74 Å². The Labute approximate surface area is 168 Å². The van der Waals surface area contributed by atoms with Crippen molar-refractivity contribution >= 4 is 11.6 Å². The van der Waals surface area contributed by atoms with Crippen LogP contribution in [0.25, 0.3) is 0 Å². The lowest BCUT2D eigenvalue weighted by Crippen LogP contribution is -2.39. The maximum atomic E-state index is 12.5. The molecule has 0 radical (unpaired) electrons. The molecule has 1 N–H and O–H groups in total. The van der Waals surface area contributed by atoms with Crippen LogP contribution in [-0.4, -0.2) is 37.6 Å². The highest BCUT2D eigenvalue weighted by Gasteiger charge is 2.21. The number of hydrogen-bond acceptors (Lipinski definition) is 3. The van der Waals surface area contributed by atoms with Crippen molar-refractivity contribution in [2.24, 2.45) is 5.92 Å². The fraction of sp³-hybridized carbons (Fsp3) is 0.458. The maximum absolute atomic E-state index is 12.5. The quantitative estimate of drug-likeness (QED) is 0.763. The zero-order chi connectivity index (χ0) is 19.9. The number of amides is 1. The van der Waals surface area contributed by atoms with Crippen LogP contribution in [0.3, 0.4) is 0 Å². The van der Waals surface area contributed by atoms with E-state index in [1.807, 2.05) is 44.2 Å². The summed E-state index contributed by atoms with van der Waals surface area (Å²) in [4.78, 5) is 14.8. The van der Waals surface area contributed by atoms with E-state index in [0.717, 1.165) is 48.0 Å². The summed E-state index contributed by atoms with van der Waals surface area (Å²) in [5.41, 5.74) is 4.56. The minimum absolute atomic E-state index is 0.0917. The number of para-hydroxylation sites is 1. The molecule has 1 heterocycles. The van der Waals surface area contributed by atoms with Gasteiger partial charge in [0.25, 0.3) is 0 Å². The Morgan fingerprint density at radius 1 is 1.07 bits per heavy atom. The summed E-state index contributed by atoms with van der Waals surface area (Å²) >= 11 is 0. The number of anilines is 1. The molecule has 4 nitrogen and oxygen atoms in total. The third-order valence-electron chi connectivity index (χ3n) is 5.82. The molecule has 0 saturated carbocycles. The average molecular weight is 381 g/mol. The summed E-state index contributed by atoms with van der Waals surface area (Å²) < 4.78 is 5.22. The SMILES string of the molecule is COc1ccc(CCC2CCN(CC(=O)Nc3c(C)cccc3C)CC2)cc1. The first kappa shape index (κ1) is 20.4. The lowest BCUT2D eigenvalue weighted by Gasteiger charge is -2.31. The van der Waals surface area contributed by atoms with E-state index in [0.29, 0.717) is 6.54 Å². The smallest absolute Gasteiger partial charge is 0.238 e. The first-order chi connectivity index (χ1) is 13.5. The van der Waals surface area contributed by atoms with Gasteiger partial charge in [-0.3, -0.25) is 9.69 Å². The van der Waals surface area contributed by atoms with Gasteiger partial charge in [0.05, 0.1) is 13.7 Å². The number of benzene rings is 2. The Balaban J connectivity index is 1.40. The number of carbonyl (C=O) groups excluding carboxylic acids is 1. The van der Waals surface area contributed by atoms with Crippen LogP contribution in [0.15, 0.2) is 42.5 Å². The summed E-state index contributed by atoms with van der Waals surface area (Å²) in [5, 5.41) is 3.10. The van der Waals surface area contributed by atoms with Crippen LogP contribution in [0.4, 0.5) is 5.69 Å². The molecular formula is C24H32N2O2. The van der Waals surface area contributed by atoms with Gasteiger partial charge in [-0.2, -0.15) is 0 Å². The first-order valence-electron chi connectivity index (χ1n) is 10.3. The number of methoxy groups -OCH3 is 1. The van der Waals surface area contributed by atoms with Gasteiger partial charge < -0.3 is 10.1 Å². The van der Waals surface area contributed by atoms with Gasteiger partial charge >= 0.3 is 0 Å².